The van der Waals surface area contributed by atoms with E-state index in [0.717, 1.165) is 5.56 Å². The van der Waals surface area contributed by atoms with Crippen LogP contribution in [0.2, 0.25) is 0 Å². The summed E-state index contributed by atoms with van der Waals surface area (Å²) in [4.78, 5) is 19.2. The highest BCUT2D eigenvalue weighted by molar-refractivity contribution is 6.16. The van der Waals surface area contributed by atoms with Gasteiger partial charge in [0.1, 0.15) is 18.1 Å². The van der Waals surface area contributed by atoms with Crippen molar-refractivity contribution in [1.29, 1.82) is 0 Å². The molecule has 122 valence electrons. The molecule has 0 unspecified atom stereocenters. The van der Waals surface area contributed by atoms with E-state index >= 15 is 0 Å². The average Bonchev–Trinajstić information content (AvgIpc) is 2.58. The van der Waals surface area contributed by atoms with Crippen LogP contribution in [0.1, 0.15) is 21.9 Å². The van der Waals surface area contributed by atoms with Crippen LogP contribution in [0.15, 0.2) is 30.3 Å². The summed E-state index contributed by atoms with van der Waals surface area (Å²) >= 11 is 5.67. The molecule has 0 aliphatic rings. The van der Waals surface area contributed by atoms with E-state index in [2.05, 4.69) is 9.97 Å². The molecule has 1 aromatic carbocycles. The maximum absolute atomic E-state index is 11.3. The van der Waals surface area contributed by atoms with Crippen LogP contribution in [0.5, 0.6) is 11.6 Å². The van der Waals surface area contributed by atoms with Gasteiger partial charge < -0.3 is 24.1 Å². The van der Waals surface area contributed by atoms with Gasteiger partial charge >= 0.3 is 0 Å². The molecule has 0 amide bonds. The minimum Gasteiger partial charge on any atom is -0.543 e. The molecule has 0 aliphatic carbocycles. The first-order chi connectivity index (χ1) is 11.2. The number of hydrogen-bond acceptors (Lipinski definition) is 7. The molecular formula is C15H14ClN2O5-. The van der Waals surface area contributed by atoms with Crippen molar-refractivity contribution in [3.05, 3.63) is 47.4 Å². The standard InChI is InChI=1S/C15H15ClN2O5/c1-21-9-23-14-13(22-8-10-5-3-2-4-6-10)12(15(19)20)17-11(7-16)18-14/h2-6H,7-9H2,1H3,(H,19,20)/p-1. The molecular weight excluding hydrogens is 324 g/mol. The minimum absolute atomic E-state index is 0.0624. The maximum Gasteiger partial charge on any atom is 0.263 e. The highest BCUT2D eigenvalue weighted by Crippen LogP contribution is 2.29. The lowest BCUT2D eigenvalue weighted by atomic mass is 10.2. The molecule has 0 atom stereocenters. The van der Waals surface area contributed by atoms with Gasteiger partial charge in [-0.15, -0.1) is 11.6 Å². The van der Waals surface area contributed by atoms with E-state index in [1.54, 1.807) is 0 Å². The molecule has 0 saturated carbocycles. The number of ether oxygens (including phenoxy) is 3. The smallest absolute Gasteiger partial charge is 0.263 e. The van der Waals surface area contributed by atoms with Gasteiger partial charge in [0.05, 0.1) is 11.8 Å². The fraction of sp³-hybridized carbons (Fsp3) is 0.267. The van der Waals surface area contributed by atoms with Gasteiger partial charge in [-0.25, -0.2) is 4.98 Å². The second kappa shape index (κ2) is 8.30. The molecule has 0 N–H and O–H groups in total. The monoisotopic (exact) mass is 337 g/mol. The van der Waals surface area contributed by atoms with Gasteiger partial charge in [0, 0.05) is 7.11 Å². The number of methoxy groups -OCH3 is 1. The Balaban J connectivity index is 2.34. The van der Waals surface area contributed by atoms with Crippen molar-refractivity contribution in [1.82, 2.24) is 9.97 Å². The number of carbonyl (C=O) groups excluding carboxylic acids is 1. The minimum atomic E-state index is -1.51. The van der Waals surface area contributed by atoms with Gasteiger partial charge in [0.15, 0.2) is 6.79 Å². The highest BCUT2D eigenvalue weighted by atomic mass is 35.5. The van der Waals surface area contributed by atoms with E-state index in [4.69, 9.17) is 25.8 Å². The third kappa shape index (κ3) is 4.54. The Bertz CT molecular complexity index is 666. The van der Waals surface area contributed by atoms with Crippen molar-refractivity contribution < 1.29 is 24.1 Å². The fourth-order valence-electron chi connectivity index (χ4n) is 1.74. The Hall–Kier alpha value is -2.38. The van der Waals surface area contributed by atoms with Crippen molar-refractivity contribution in [2.75, 3.05) is 13.9 Å². The van der Waals surface area contributed by atoms with Crippen LogP contribution in [0.25, 0.3) is 0 Å². The number of alkyl halides is 1. The largest absolute Gasteiger partial charge is 0.543 e. The zero-order chi connectivity index (χ0) is 16.7. The van der Waals surface area contributed by atoms with E-state index in [-0.39, 0.29) is 36.7 Å². The lowest BCUT2D eigenvalue weighted by molar-refractivity contribution is -0.255. The van der Waals surface area contributed by atoms with E-state index in [0.29, 0.717) is 0 Å². The van der Waals surface area contributed by atoms with Gasteiger partial charge in [0.2, 0.25) is 5.75 Å². The summed E-state index contributed by atoms with van der Waals surface area (Å²) in [7, 11) is 1.42. The topological polar surface area (TPSA) is 93.6 Å². The van der Waals surface area contributed by atoms with Crippen molar-refractivity contribution in [2.45, 2.75) is 12.5 Å². The number of halogens is 1. The molecule has 8 heteroatoms. The molecule has 7 nitrogen and oxygen atoms in total. The number of carboxylic acids is 1. The second-order valence-electron chi connectivity index (χ2n) is 4.37. The second-order valence-corrected chi connectivity index (χ2v) is 4.64. The summed E-state index contributed by atoms with van der Waals surface area (Å²) in [5.41, 5.74) is 0.425. The lowest BCUT2D eigenvalue weighted by Gasteiger charge is -2.16. The van der Waals surface area contributed by atoms with Crippen LogP contribution in [-0.4, -0.2) is 29.8 Å². The Morgan fingerprint density at radius 3 is 2.57 bits per heavy atom. The summed E-state index contributed by atoms with van der Waals surface area (Å²) in [5.74, 6) is -1.69. The van der Waals surface area contributed by atoms with Crippen molar-refractivity contribution in [2.24, 2.45) is 0 Å². The fourth-order valence-corrected chi connectivity index (χ4v) is 1.86. The summed E-state index contributed by atoms with van der Waals surface area (Å²) in [6, 6.07) is 9.22. The number of carbonyl (C=O) groups is 1. The molecule has 0 spiro atoms. The van der Waals surface area contributed by atoms with E-state index in [1.165, 1.54) is 7.11 Å². The Kier molecular flexibility index (Phi) is 6.13. The summed E-state index contributed by atoms with van der Waals surface area (Å²) in [6.45, 7) is -0.0129. The van der Waals surface area contributed by atoms with Crippen molar-refractivity contribution >= 4 is 17.6 Å². The van der Waals surface area contributed by atoms with E-state index in [9.17, 15) is 9.90 Å². The quantitative estimate of drug-likeness (QED) is 0.526. The van der Waals surface area contributed by atoms with Crippen LogP contribution in [0.4, 0.5) is 0 Å². The highest BCUT2D eigenvalue weighted by Gasteiger charge is 2.18. The molecule has 1 aromatic heterocycles. The molecule has 0 radical (unpaired) electrons. The SMILES string of the molecule is COCOc1nc(CCl)nc(C(=O)[O-])c1OCc1ccccc1. The van der Waals surface area contributed by atoms with Crippen LogP contribution < -0.4 is 14.6 Å². The molecule has 2 aromatic rings. The molecule has 0 fully saturated rings. The van der Waals surface area contributed by atoms with Crippen LogP contribution >= 0.6 is 11.6 Å². The van der Waals surface area contributed by atoms with Crippen molar-refractivity contribution in [3.63, 3.8) is 0 Å². The summed E-state index contributed by atoms with van der Waals surface area (Å²) in [5, 5.41) is 11.3. The Labute approximate surface area is 137 Å². The van der Waals surface area contributed by atoms with Gasteiger partial charge in [0.25, 0.3) is 5.88 Å². The van der Waals surface area contributed by atoms with Gasteiger partial charge in [-0.2, -0.15) is 4.98 Å². The Morgan fingerprint density at radius 2 is 1.96 bits per heavy atom. The Morgan fingerprint density at radius 1 is 1.22 bits per heavy atom. The van der Waals surface area contributed by atoms with Gasteiger partial charge in [-0.05, 0) is 5.56 Å². The maximum atomic E-state index is 11.3. The first-order valence-electron chi connectivity index (χ1n) is 6.62. The lowest BCUT2D eigenvalue weighted by Crippen LogP contribution is -2.26. The van der Waals surface area contributed by atoms with E-state index < -0.39 is 11.7 Å². The molecule has 0 bridgehead atoms. The number of aromatic carboxylic acids is 1. The predicted octanol–water partition coefficient (Wildman–Crippen LogP) is 1.14. The normalized spacial score (nSPS) is 10.3. The van der Waals surface area contributed by atoms with Crippen molar-refractivity contribution in [3.8, 4) is 11.6 Å². The molecule has 0 aliphatic heterocycles. The van der Waals surface area contributed by atoms with Crippen LogP contribution in [0, 0.1) is 0 Å². The summed E-state index contributed by atoms with van der Waals surface area (Å²) < 4.78 is 15.6. The van der Waals surface area contributed by atoms with Crippen LogP contribution in [-0.2, 0) is 17.2 Å². The zero-order valence-corrected chi connectivity index (χ0v) is 13.1. The summed E-state index contributed by atoms with van der Waals surface area (Å²) in [6.07, 6.45) is 0. The number of benzene rings is 1. The third-order valence-corrected chi connectivity index (χ3v) is 2.97. The van der Waals surface area contributed by atoms with E-state index in [1.807, 2.05) is 30.3 Å². The van der Waals surface area contributed by atoms with Crippen LogP contribution in [0.3, 0.4) is 0 Å². The number of rotatable bonds is 8. The number of carboxylic acid groups (broad SMARTS) is 1. The third-order valence-electron chi connectivity index (χ3n) is 2.73. The zero-order valence-electron chi connectivity index (χ0n) is 12.3. The van der Waals surface area contributed by atoms with Gasteiger partial charge in [-0.3, -0.25) is 0 Å². The molecule has 23 heavy (non-hydrogen) atoms. The molecule has 2 rings (SSSR count). The van der Waals surface area contributed by atoms with Gasteiger partial charge in [-0.1, -0.05) is 30.3 Å². The number of aromatic nitrogens is 2. The number of hydrogen-bond donors (Lipinski definition) is 0. The predicted molar refractivity (Wildman–Crippen MR) is 79.2 cm³/mol. The molecule has 1 heterocycles. The first-order valence-corrected chi connectivity index (χ1v) is 7.15. The first kappa shape index (κ1) is 17.0. The molecule has 0 saturated heterocycles. The average molecular weight is 338 g/mol. The number of nitrogens with zero attached hydrogens (tertiary/aromatic N) is 2.